The second kappa shape index (κ2) is 19.5. The Kier molecular flexibility index (Phi) is 12.8. The van der Waals surface area contributed by atoms with Gasteiger partial charge in [0, 0.05) is 78.9 Å². The second-order valence-corrected chi connectivity index (χ2v) is 16.2. The molecule has 0 unspecified atom stereocenters. The van der Waals surface area contributed by atoms with Gasteiger partial charge in [-0.3, -0.25) is 14.8 Å². The molecule has 68 heavy (non-hydrogen) atoms. The maximum absolute atomic E-state index is 13.8. The highest BCUT2D eigenvalue weighted by atomic mass is 16.6. The van der Waals surface area contributed by atoms with Crippen LogP contribution in [0.1, 0.15) is 33.5 Å². The molecule has 0 atom stereocenters. The van der Waals surface area contributed by atoms with E-state index in [0.717, 1.165) is 28.1 Å². The minimum absolute atomic E-state index is 0.0353. The number of hydrogen-bond acceptors (Lipinski definition) is 12. The van der Waals surface area contributed by atoms with Gasteiger partial charge in [-0.2, -0.15) is 0 Å². The number of carbonyl (C=O) groups excluding carboxylic acids is 2. The molecule has 4 aromatic heterocycles. The standard InChI is InChI=1S/C52H49N9O7/c1-32-29-37(21-23-53-32)55-47(34-13-9-6-10-14-34)45-48-41(57-50(45)63)18-20-43(58-48)60(3)52(65)68-26-22-35-30-36(15-19-42(35)61-24-27-67-28-25-61)54-46(33-11-7-5-8-12-33)44-39-31-38(59(2)51(64)66-4)16-17-40(39)56-49(44)62/h5-21,23,29-31,56-57,62-63H,22,24-28H2,1-4H3. The van der Waals surface area contributed by atoms with E-state index in [1.54, 1.807) is 50.6 Å². The average molecular weight is 912 g/mol. The van der Waals surface area contributed by atoms with Crippen LogP contribution in [0.15, 0.2) is 138 Å². The maximum atomic E-state index is 13.8. The first kappa shape index (κ1) is 44.7. The number of nitrogens with one attached hydrogen (secondary N) is 2. The number of H-pyrrole nitrogens is 2. The highest BCUT2D eigenvalue weighted by Crippen LogP contribution is 2.36. The number of morpholine rings is 1. The Balaban J connectivity index is 1.01. The average Bonchev–Trinajstić information content (AvgIpc) is 3.88. The SMILES string of the molecule is COC(=O)N(C)c1ccc2[nH]c(O)c(C(=Nc3ccc(N4CCOCC4)c(CCOC(=O)N(C)c4ccc5[nH]c(O)c(C(=Nc6ccnc(C)c6)c6ccccc6)c5n4)c3)c3ccccc3)c2c1. The number of benzene rings is 4. The number of nitrogens with zero attached hydrogens (tertiary/aromatic N) is 7. The van der Waals surface area contributed by atoms with Gasteiger partial charge in [-0.1, -0.05) is 60.7 Å². The van der Waals surface area contributed by atoms with Crippen LogP contribution < -0.4 is 14.7 Å². The maximum Gasteiger partial charge on any atom is 0.415 e. The quantitative estimate of drug-likeness (QED) is 0.0858. The number of rotatable bonds is 12. The van der Waals surface area contributed by atoms with Gasteiger partial charge < -0.3 is 39.3 Å². The van der Waals surface area contributed by atoms with Crippen molar-refractivity contribution in [2.75, 3.05) is 68.8 Å². The topological polar surface area (TPSA) is 194 Å². The van der Waals surface area contributed by atoms with E-state index in [1.165, 1.54) is 16.9 Å². The smallest absolute Gasteiger partial charge is 0.415 e. The van der Waals surface area contributed by atoms with Crippen LogP contribution in [0.4, 0.5) is 38.2 Å². The van der Waals surface area contributed by atoms with E-state index < -0.39 is 12.2 Å². The van der Waals surface area contributed by atoms with Crippen LogP contribution in [0.25, 0.3) is 21.9 Å². The van der Waals surface area contributed by atoms with E-state index in [9.17, 15) is 19.8 Å². The molecule has 1 aliphatic rings. The summed E-state index contributed by atoms with van der Waals surface area (Å²) in [6.07, 6.45) is 0.881. The normalized spacial score (nSPS) is 13.2. The van der Waals surface area contributed by atoms with Gasteiger partial charge in [-0.25, -0.2) is 24.6 Å². The van der Waals surface area contributed by atoms with E-state index in [0.29, 0.717) is 100 Å². The number of aromatic amines is 2. The molecule has 9 rings (SSSR count). The summed E-state index contributed by atoms with van der Waals surface area (Å²) in [6, 6.07) is 37.5. The molecule has 344 valence electrons. The molecule has 16 nitrogen and oxygen atoms in total. The third kappa shape index (κ3) is 9.30. The number of anilines is 3. The van der Waals surface area contributed by atoms with Gasteiger partial charge in [0.05, 0.1) is 66.4 Å². The zero-order valence-corrected chi connectivity index (χ0v) is 37.9. The molecule has 2 amide bonds. The first-order valence-corrected chi connectivity index (χ1v) is 22.0. The third-order valence-electron chi connectivity index (χ3n) is 11.8. The number of carbonyl (C=O) groups is 2. The molecule has 0 aliphatic carbocycles. The zero-order chi connectivity index (χ0) is 47.3. The van der Waals surface area contributed by atoms with Crippen LogP contribution >= 0.6 is 0 Å². The van der Waals surface area contributed by atoms with E-state index in [4.69, 9.17) is 29.2 Å². The molecule has 1 aliphatic heterocycles. The number of aryl methyl sites for hydroxylation is 1. The predicted octanol–water partition coefficient (Wildman–Crippen LogP) is 9.35. The molecule has 0 radical (unpaired) electrons. The van der Waals surface area contributed by atoms with Gasteiger partial charge in [0.1, 0.15) is 11.3 Å². The summed E-state index contributed by atoms with van der Waals surface area (Å²) in [7, 11) is 4.52. The summed E-state index contributed by atoms with van der Waals surface area (Å²) in [5.41, 5.74) is 9.47. The summed E-state index contributed by atoms with van der Waals surface area (Å²) >= 11 is 0. The highest BCUT2D eigenvalue weighted by Gasteiger charge is 2.25. The fraction of sp³-hybridized carbons (Fsp3) is 0.192. The molecule has 1 fully saturated rings. The summed E-state index contributed by atoms with van der Waals surface area (Å²) in [5, 5.41) is 23.4. The molecule has 0 saturated carbocycles. The number of ether oxygens (including phenoxy) is 3. The Morgan fingerprint density at radius 3 is 2.09 bits per heavy atom. The number of aromatic nitrogens is 4. The molecular weight excluding hydrogens is 863 g/mol. The van der Waals surface area contributed by atoms with E-state index >= 15 is 0 Å². The summed E-state index contributed by atoms with van der Waals surface area (Å²) in [6.45, 7) is 4.43. The molecule has 4 N–H and O–H groups in total. The lowest BCUT2D eigenvalue weighted by molar-refractivity contribution is 0.122. The number of methoxy groups -OCH3 is 1. The van der Waals surface area contributed by atoms with Gasteiger partial charge in [0.25, 0.3) is 0 Å². The molecule has 8 aromatic rings. The van der Waals surface area contributed by atoms with Crippen molar-refractivity contribution in [3.63, 3.8) is 0 Å². The van der Waals surface area contributed by atoms with Gasteiger partial charge in [-0.15, -0.1) is 0 Å². The lowest BCUT2D eigenvalue weighted by Crippen LogP contribution is -2.36. The number of aliphatic imine (C=N–C) groups is 2. The molecule has 1 saturated heterocycles. The lowest BCUT2D eigenvalue weighted by Gasteiger charge is -2.31. The number of amides is 2. The lowest BCUT2D eigenvalue weighted by atomic mass is 10.00. The minimum Gasteiger partial charge on any atom is -0.494 e. The van der Waals surface area contributed by atoms with Crippen LogP contribution in [-0.4, -0.2) is 108 Å². The second-order valence-electron chi connectivity index (χ2n) is 16.2. The monoisotopic (exact) mass is 911 g/mol. The first-order valence-electron chi connectivity index (χ1n) is 22.0. The Morgan fingerprint density at radius 2 is 1.40 bits per heavy atom. The number of fused-ring (bicyclic) bond motifs is 2. The van der Waals surface area contributed by atoms with Gasteiger partial charge in [0.15, 0.2) is 5.88 Å². The minimum atomic E-state index is -0.622. The van der Waals surface area contributed by atoms with E-state index in [2.05, 4.69) is 19.9 Å². The van der Waals surface area contributed by atoms with Crippen molar-refractivity contribution >= 4 is 74.1 Å². The predicted molar refractivity (Wildman–Crippen MR) is 264 cm³/mol. The fourth-order valence-corrected chi connectivity index (χ4v) is 8.28. The molecule has 0 spiro atoms. The van der Waals surface area contributed by atoms with Crippen molar-refractivity contribution in [1.82, 2.24) is 19.9 Å². The van der Waals surface area contributed by atoms with Gasteiger partial charge in [-0.05, 0) is 73.2 Å². The van der Waals surface area contributed by atoms with Crippen molar-refractivity contribution in [3.05, 3.63) is 161 Å². The van der Waals surface area contributed by atoms with Crippen molar-refractivity contribution in [3.8, 4) is 11.8 Å². The van der Waals surface area contributed by atoms with Crippen LogP contribution in [0, 0.1) is 6.92 Å². The Bertz CT molecular complexity index is 3200. The third-order valence-corrected chi connectivity index (χ3v) is 11.8. The summed E-state index contributed by atoms with van der Waals surface area (Å²) in [5.74, 6) is 0.112. The number of hydrogen-bond donors (Lipinski definition) is 4. The fourth-order valence-electron chi connectivity index (χ4n) is 8.28. The number of pyridine rings is 2. The van der Waals surface area contributed by atoms with Crippen molar-refractivity contribution in [2.24, 2.45) is 9.98 Å². The van der Waals surface area contributed by atoms with Gasteiger partial charge >= 0.3 is 12.2 Å². The van der Waals surface area contributed by atoms with Crippen LogP contribution in [-0.2, 0) is 20.6 Å². The largest absolute Gasteiger partial charge is 0.494 e. The van der Waals surface area contributed by atoms with E-state index in [-0.39, 0.29) is 18.4 Å². The Morgan fingerprint density at radius 1 is 0.750 bits per heavy atom. The van der Waals surface area contributed by atoms with Crippen LogP contribution in [0.5, 0.6) is 11.8 Å². The molecule has 0 bridgehead atoms. The van der Waals surface area contributed by atoms with Crippen LogP contribution in [0.3, 0.4) is 0 Å². The Labute approximate surface area is 391 Å². The summed E-state index contributed by atoms with van der Waals surface area (Å²) < 4.78 is 16.6. The summed E-state index contributed by atoms with van der Waals surface area (Å²) in [4.78, 5) is 56.6. The highest BCUT2D eigenvalue weighted by molar-refractivity contribution is 6.23. The Hall–Kier alpha value is -8.50. The van der Waals surface area contributed by atoms with Crippen LogP contribution in [0.2, 0.25) is 0 Å². The van der Waals surface area contributed by atoms with Crippen molar-refractivity contribution in [2.45, 2.75) is 13.3 Å². The molecular formula is C52H49N9O7. The van der Waals surface area contributed by atoms with Crippen molar-refractivity contribution in [1.29, 1.82) is 0 Å². The van der Waals surface area contributed by atoms with Gasteiger partial charge in [0.2, 0.25) is 5.88 Å². The molecule has 5 heterocycles. The molecule has 16 heteroatoms. The van der Waals surface area contributed by atoms with Crippen molar-refractivity contribution < 1.29 is 34.0 Å². The first-order chi connectivity index (χ1) is 33.1. The zero-order valence-electron chi connectivity index (χ0n) is 37.9. The molecule has 4 aromatic carbocycles. The van der Waals surface area contributed by atoms with E-state index in [1.807, 2.05) is 97.9 Å². The number of aromatic hydroxyl groups is 2.